The highest BCUT2D eigenvalue weighted by molar-refractivity contribution is 5.95. The van der Waals surface area contributed by atoms with Crippen molar-refractivity contribution in [1.82, 2.24) is 9.88 Å². The van der Waals surface area contributed by atoms with Crippen LogP contribution in [0.5, 0.6) is 0 Å². The zero-order valence-electron chi connectivity index (χ0n) is 14.1. The molecule has 1 saturated heterocycles. The molecule has 2 heterocycles. The van der Waals surface area contributed by atoms with E-state index in [9.17, 15) is 14.3 Å². The van der Waals surface area contributed by atoms with Crippen molar-refractivity contribution in [1.29, 1.82) is 0 Å². The number of amides is 1. The summed E-state index contributed by atoms with van der Waals surface area (Å²) in [4.78, 5) is 18.5. The fourth-order valence-corrected chi connectivity index (χ4v) is 3.18. The van der Waals surface area contributed by atoms with Crippen molar-refractivity contribution in [3.8, 4) is 0 Å². The van der Waals surface area contributed by atoms with E-state index in [1.165, 1.54) is 12.1 Å². The molecule has 25 heavy (non-hydrogen) atoms. The van der Waals surface area contributed by atoms with Gasteiger partial charge in [-0.3, -0.25) is 9.78 Å². The number of ether oxygens (including phenoxy) is 1. The van der Waals surface area contributed by atoms with E-state index in [1.54, 1.807) is 35.5 Å². The molecule has 1 amide bonds. The van der Waals surface area contributed by atoms with Crippen molar-refractivity contribution in [3.05, 3.63) is 65.2 Å². The zero-order valence-corrected chi connectivity index (χ0v) is 14.1. The number of aryl methyl sites for hydroxylation is 1. The van der Waals surface area contributed by atoms with Gasteiger partial charge in [0.1, 0.15) is 11.4 Å². The molecular formula is C19H21FN2O3. The van der Waals surface area contributed by atoms with E-state index in [-0.39, 0.29) is 24.9 Å². The van der Waals surface area contributed by atoms with Crippen LogP contribution in [0.25, 0.3) is 0 Å². The molecule has 0 radical (unpaired) electrons. The normalized spacial score (nSPS) is 20.5. The molecule has 0 aliphatic carbocycles. The van der Waals surface area contributed by atoms with Gasteiger partial charge in [-0.15, -0.1) is 0 Å². The summed E-state index contributed by atoms with van der Waals surface area (Å²) in [6.45, 7) is 2.62. The van der Waals surface area contributed by atoms with E-state index < -0.39 is 5.60 Å². The number of morpholine rings is 1. The van der Waals surface area contributed by atoms with Crippen LogP contribution >= 0.6 is 0 Å². The minimum atomic E-state index is -0.928. The lowest BCUT2D eigenvalue weighted by Crippen LogP contribution is -2.56. The molecule has 1 N–H and O–H groups in total. The van der Waals surface area contributed by atoms with Crippen LogP contribution < -0.4 is 0 Å². The highest BCUT2D eigenvalue weighted by Gasteiger charge is 2.38. The second kappa shape index (κ2) is 7.29. The van der Waals surface area contributed by atoms with Crippen LogP contribution in [0.15, 0.2) is 42.7 Å². The molecule has 3 rings (SSSR count). The van der Waals surface area contributed by atoms with Crippen molar-refractivity contribution in [3.63, 3.8) is 0 Å². The summed E-state index contributed by atoms with van der Waals surface area (Å²) >= 11 is 0. The standard InChI is InChI=1S/C19H21FN2O3/c1-14-11-21-6-5-17(14)18(24)22-7-8-25-19(12-22,13-23)10-15-3-2-4-16(20)9-15/h2-6,9,11,23H,7-8,10,12-13H2,1H3/t19-/m1/s1. The topological polar surface area (TPSA) is 62.7 Å². The summed E-state index contributed by atoms with van der Waals surface area (Å²) in [5, 5.41) is 9.93. The Bertz CT molecular complexity index is 768. The predicted octanol–water partition coefficient (Wildman–Crippen LogP) is 1.98. The molecule has 1 aliphatic heterocycles. The lowest BCUT2D eigenvalue weighted by atomic mass is 9.92. The summed E-state index contributed by atoms with van der Waals surface area (Å²) in [7, 11) is 0. The summed E-state index contributed by atoms with van der Waals surface area (Å²) in [6, 6.07) is 7.91. The molecule has 0 spiro atoms. The molecular weight excluding hydrogens is 323 g/mol. The van der Waals surface area contributed by atoms with Crippen LogP contribution in [0, 0.1) is 12.7 Å². The maximum atomic E-state index is 13.4. The van der Waals surface area contributed by atoms with Gasteiger partial charge in [0, 0.05) is 30.9 Å². The molecule has 132 valence electrons. The third-order valence-corrected chi connectivity index (χ3v) is 4.49. The number of carbonyl (C=O) groups excluding carboxylic acids is 1. The van der Waals surface area contributed by atoms with Crippen LogP contribution in [0.3, 0.4) is 0 Å². The number of pyridine rings is 1. The second-order valence-electron chi connectivity index (χ2n) is 6.41. The lowest BCUT2D eigenvalue weighted by molar-refractivity contribution is -0.123. The largest absolute Gasteiger partial charge is 0.393 e. The van der Waals surface area contributed by atoms with Gasteiger partial charge in [0.05, 0.1) is 19.8 Å². The van der Waals surface area contributed by atoms with Crippen LogP contribution in [0.2, 0.25) is 0 Å². The number of aromatic nitrogens is 1. The fourth-order valence-electron chi connectivity index (χ4n) is 3.18. The molecule has 1 aliphatic rings. The fraction of sp³-hybridized carbons (Fsp3) is 0.368. The van der Waals surface area contributed by atoms with Gasteiger partial charge in [-0.25, -0.2) is 4.39 Å². The van der Waals surface area contributed by atoms with E-state index in [2.05, 4.69) is 4.98 Å². The number of benzene rings is 1. The maximum absolute atomic E-state index is 13.4. The molecule has 6 heteroatoms. The number of aliphatic hydroxyl groups excluding tert-OH is 1. The number of aliphatic hydroxyl groups is 1. The van der Waals surface area contributed by atoms with Crippen molar-refractivity contribution in [2.75, 3.05) is 26.3 Å². The lowest BCUT2D eigenvalue weighted by Gasteiger charge is -2.42. The van der Waals surface area contributed by atoms with Crippen LogP contribution in [-0.2, 0) is 11.2 Å². The number of nitrogens with zero attached hydrogens (tertiary/aromatic N) is 2. The van der Waals surface area contributed by atoms with Gasteiger partial charge in [0.2, 0.25) is 0 Å². The Morgan fingerprint density at radius 2 is 2.28 bits per heavy atom. The van der Waals surface area contributed by atoms with E-state index in [4.69, 9.17) is 4.74 Å². The number of hydrogen-bond donors (Lipinski definition) is 1. The Labute approximate surface area is 146 Å². The monoisotopic (exact) mass is 344 g/mol. The van der Waals surface area contributed by atoms with Gasteiger partial charge in [0.25, 0.3) is 5.91 Å². The second-order valence-corrected chi connectivity index (χ2v) is 6.41. The summed E-state index contributed by atoms with van der Waals surface area (Å²) in [5.41, 5.74) is 1.19. The first-order chi connectivity index (χ1) is 12.0. The minimum Gasteiger partial charge on any atom is -0.393 e. The molecule has 0 bridgehead atoms. The average Bonchev–Trinajstić information content (AvgIpc) is 2.62. The minimum absolute atomic E-state index is 0.111. The van der Waals surface area contributed by atoms with Crippen molar-refractivity contribution in [2.45, 2.75) is 18.9 Å². The molecule has 1 atom stereocenters. The quantitative estimate of drug-likeness (QED) is 0.921. The summed E-state index contributed by atoms with van der Waals surface area (Å²) in [5.74, 6) is -0.443. The van der Waals surface area contributed by atoms with Gasteiger partial charge in [-0.2, -0.15) is 0 Å². The molecule has 1 aromatic heterocycles. The Balaban J connectivity index is 1.80. The molecule has 1 aromatic carbocycles. The van der Waals surface area contributed by atoms with E-state index in [1.807, 2.05) is 6.92 Å². The van der Waals surface area contributed by atoms with Crippen molar-refractivity contribution >= 4 is 5.91 Å². The molecule has 5 nitrogen and oxygen atoms in total. The number of hydrogen-bond acceptors (Lipinski definition) is 4. The molecule has 0 unspecified atom stereocenters. The predicted molar refractivity (Wildman–Crippen MR) is 90.8 cm³/mol. The van der Waals surface area contributed by atoms with Crippen LogP contribution in [-0.4, -0.2) is 52.8 Å². The number of carbonyl (C=O) groups is 1. The maximum Gasteiger partial charge on any atom is 0.254 e. The Hall–Kier alpha value is -2.31. The third kappa shape index (κ3) is 3.86. The first-order valence-corrected chi connectivity index (χ1v) is 8.22. The number of rotatable bonds is 4. The molecule has 0 saturated carbocycles. The van der Waals surface area contributed by atoms with Gasteiger partial charge in [-0.05, 0) is 36.2 Å². The zero-order chi connectivity index (χ0) is 17.9. The van der Waals surface area contributed by atoms with E-state index in [0.29, 0.717) is 25.1 Å². The first-order valence-electron chi connectivity index (χ1n) is 8.22. The van der Waals surface area contributed by atoms with Crippen molar-refractivity contribution in [2.24, 2.45) is 0 Å². The van der Waals surface area contributed by atoms with Crippen LogP contribution in [0.1, 0.15) is 21.5 Å². The summed E-state index contributed by atoms with van der Waals surface area (Å²) < 4.78 is 19.3. The highest BCUT2D eigenvalue weighted by atomic mass is 19.1. The Morgan fingerprint density at radius 1 is 1.44 bits per heavy atom. The third-order valence-electron chi connectivity index (χ3n) is 4.49. The van der Waals surface area contributed by atoms with Gasteiger partial charge >= 0.3 is 0 Å². The average molecular weight is 344 g/mol. The smallest absolute Gasteiger partial charge is 0.254 e. The molecule has 1 fully saturated rings. The van der Waals surface area contributed by atoms with Gasteiger partial charge < -0.3 is 14.7 Å². The highest BCUT2D eigenvalue weighted by Crippen LogP contribution is 2.25. The SMILES string of the molecule is Cc1cnccc1C(=O)N1CCO[C@](CO)(Cc2cccc(F)c2)C1. The Morgan fingerprint density at radius 3 is 3.00 bits per heavy atom. The number of halogens is 1. The van der Waals surface area contributed by atoms with E-state index in [0.717, 1.165) is 11.1 Å². The summed E-state index contributed by atoms with van der Waals surface area (Å²) in [6.07, 6.45) is 3.58. The van der Waals surface area contributed by atoms with E-state index >= 15 is 0 Å². The van der Waals surface area contributed by atoms with Gasteiger partial charge in [0.15, 0.2) is 0 Å². The van der Waals surface area contributed by atoms with Crippen LogP contribution in [0.4, 0.5) is 4.39 Å². The Kier molecular flexibility index (Phi) is 5.11. The van der Waals surface area contributed by atoms with Crippen molar-refractivity contribution < 1.29 is 19.0 Å². The molecule has 2 aromatic rings. The van der Waals surface area contributed by atoms with Gasteiger partial charge in [-0.1, -0.05) is 12.1 Å². The first kappa shape index (κ1) is 17.5.